The van der Waals surface area contributed by atoms with Crippen molar-refractivity contribution in [3.63, 3.8) is 0 Å². The highest BCUT2D eigenvalue weighted by Gasteiger charge is 2.27. The van der Waals surface area contributed by atoms with E-state index in [1.165, 1.54) is 0 Å². The van der Waals surface area contributed by atoms with E-state index >= 15 is 0 Å². The third-order valence-electron chi connectivity index (χ3n) is 5.51. The molecular formula is C23H22ClF3N8O. The maximum absolute atomic E-state index is 12.3. The molecule has 13 heteroatoms. The lowest BCUT2D eigenvalue weighted by atomic mass is 10.1. The Morgan fingerprint density at radius 2 is 1.92 bits per heavy atom. The lowest BCUT2D eigenvalue weighted by Gasteiger charge is -2.37. The summed E-state index contributed by atoms with van der Waals surface area (Å²) in [7, 11) is 0. The smallest absolute Gasteiger partial charge is 0.353 e. The van der Waals surface area contributed by atoms with E-state index in [1.54, 1.807) is 35.9 Å². The van der Waals surface area contributed by atoms with E-state index in [2.05, 4.69) is 25.2 Å². The van der Waals surface area contributed by atoms with Gasteiger partial charge in [-0.3, -0.25) is 4.40 Å². The van der Waals surface area contributed by atoms with Crippen LogP contribution in [0.2, 0.25) is 0 Å². The molecule has 1 aromatic carbocycles. The third kappa shape index (κ3) is 5.50. The van der Waals surface area contributed by atoms with E-state index in [4.69, 9.17) is 5.73 Å². The summed E-state index contributed by atoms with van der Waals surface area (Å²) < 4.78 is 38.8. The highest BCUT2D eigenvalue weighted by molar-refractivity contribution is 5.90. The van der Waals surface area contributed by atoms with Crippen molar-refractivity contribution >= 4 is 35.6 Å². The van der Waals surface area contributed by atoms with Gasteiger partial charge in [-0.15, -0.1) is 12.4 Å². The van der Waals surface area contributed by atoms with Crippen LogP contribution in [0.15, 0.2) is 61.1 Å². The Hall–Kier alpha value is -3.90. The molecule has 0 spiro atoms. The summed E-state index contributed by atoms with van der Waals surface area (Å²) in [4.78, 5) is 27.4. The topological polar surface area (TPSA) is 113 Å². The van der Waals surface area contributed by atoms with Crippen LogP contribution in [0, 0.1) is 0 Å². The SMILES string of the molecule is Cl.NC1CN(c2ccnc(-c3ccn4c(-c5cccc(NC(=O)NCC(F)(F)F)c5)cnc4c3)n2)C1. The molecular weight excluding hydrogens is 497 g/mol. The van der Waals surface area contributed by atoms with Crippen molar-refractivity contribution < 1.29 is 18.0 Å². The van der Waals surface area contributed by atoms with Crippen LogP contribution >= 0.6 is 12.4 Å². The van der Waals surface area contributed by atoms with Crippen molar-refractivity contribution in [1.82, 2.24) is 24.7 Å². The van der Waals surface area contributed by atoms with Crippen LogP contribution in [0.25, 0.3) is 28.3 Å². The standard InChI is InChI=1S/C23H21F3N8O.ClH/c24-23(25,26)13-30-22(35)31-17-3-1-2-14(8-17)18-10-29-20-9-15(5-7-34(18)20)21-28-6-4-19(32-21)33-11-16(27)12-33;/h1-10,16H,11-13,27H2,(H2,30,31,35);1H. The average molecular weight is 519 g/mol. The number of amides is 2. The number of alkyl halides is 3. The Labute approximate surface area is 210 Å². The number of hydrogen-bond donors (Lipinski definition) is 3. The number of rotatable bonds is 5. The Kier molecular flexibility index (Phi) is 7.00. The van der Waals surface area contributed by atoms with Crippen LogP contribution in [0.1, 0.15) is 0 Å². The van der Waals surface area contributed by atoms with Crippen molar-refractivity contribution in [2.24, 2.45) is 5.73 Å². The van der Waals surface area contributed by atoms with E-state index in [-0.39, 0.29) is 18.4 Å². The Bertz CT molecular complexity index is 1390. The number of nitrogens with two attached hydrogens (primary N) is 1. The molecule has 3 aromatic heterocycles. The predicted octanol–water partition coefficient (Wildman–Crippen LogP) is 3.71. The number of fused-ring (bicyclic) bond motifs is 1. The lowest BCUT2D eigenvalue weighted by molar-refractivity contribution is -0.122. The monoisotopic (exact) mass is 518 g/mol. The third-order valence-corrected chi connectivity index (χ3v) is 5.51. The van der Waals surface area contributed by atoms with Gasteiger partial charge in [0, 0.05) is 48.3 Å². The summed E-state index contributed by atoms with van der Waals surface area (Å²) >= 11 is 0. The molecule has 0 unspecified atom stereocenters. The van der Waals surface area contributed by atoms with Crippen molar-refractivity contribution in [2.45, 2.75) is 12.2 Å². The number of imidazole rings is 1. The highest BCUT2D eigenvalue weighted by atomic mass is 35.5. The second kappa shape index (κ2) is 9.99. The second-order valence-electron chi connectivity index (χ2n) is 8.19. The first-order valence-corrected chi connectivity index (χ1v) is 10.8. The average Bonchev–Trinajstić information content (AvgIpc) is 3.24. The Morgan fingerprint density at radius 3 is 2.67 bits per heavy atom. The number of halogens is 4. The fourth-order valence-electron chi connectivity index (χ4n) is 3.81. The normalized spacial score (nSPS) is 13.7. The summed E-state index contributed by atoms with van der Waals surface area (Å²) in [6.45, 7) is 0.111. The maximum Gasteiger partial charge on any atom is 0.405 e. The molecule has 9 nitrogen and oxygen atoms in total. The van der Waals surface area contributed by atoms with Crippen molar-refractivity contribution in [1.29, 1.82) is 0 Å². The van der Waals surface area contributed by atoms with Crippen LogP contribution in [-0.4, -0.2) is 57.2 Å². The van der Waals surface area contributed by atoms with E-state index < -0.39 is 18.8 Å². The van der Waals surface area contributed by atoms with Gasteiger partial charge in [0.15, 0.2) is 5.82 Å². The number of anilines is 2. The van der Waals surface area contributed by atoms with Gasteiger partial charge in [0.1, 0.15) is 18.0 Å². The van der Waals surface area contributed by atoms with Gasteiger partial charge in [-0.25, -0.2) is 19.7 Å². The van der Waals surface area contributed by atoms with Gasteiger partial charge in [-0.1, -0.05) is 12.1 Å². The number of nitrogens with zero attached hydrogens (tertiary/aromatic N) is 5. The summed E-state index contributed by atoms with van der Waals surface area (Å²) in [6, 6.07) is 11.6. The minimum absolute atomic E-state index is 0. The molecule has 5 rings (SSSR count). The lowest BCUT2D eigenvalue weighted by Crippen LogP contribution is -2.56. The number of nitrogens with one attached hydrogen (secondary N) is 2. The Balaban J connectivity index is 0.00000304. The molecule has 4 aromatic rings. The molecule has 1 saturated heterocycles. The number of carbonyl (C=O) groups excluding carboxylic acids is 1. The zero-order chi connectivity index (χ0) is 24.6. The van der Waals surface area contributed by atoms with E-state index in [0.29, 0.717) is 17.2 Å². The van der Waals surface area contributed by atoms with Gasteiger partial charge in [0.05, 0.1) is 11.9 Å². The summed E-state index contributed by atoms with van der Waals surface area (Å²) in [5.74, 6) is 1.40. The molecule has 0 atom stereocenters. The second-order valence-corrected chi connectivity index (χ2v) is 8.19. The van der Waals surface area contributed by atoms with Crippen molar-refractivity contribution in [2.75, 3.05) is 29.9 Å². The molecule has 2 amide bonds. The Morgan fingerprint density at radius 1 is 1.11 bits per heavy atom. The van der Waals surface area contributed by atoms with Crippen molar-refractivity contribution in [3.8, 4) is 22.6 Å². The van der Waals surface area contributed by atoms with Crippen LogP contribution in [0.4, 0.5) is 29.5 Å². The fourth-order valence-corrected chi connectivity index (χ4v) is 3.81. The molecule has 4 N–H and O–H groups in total. The molecule has 0 bridgehead atoms. The number of urea groups is 1. The van der Waals surface area contributed by atoms with Crippen molar-refractivity contribution in [3.05, 3.63) is 61.1 Å². The molecule has 0 saturated carbocycles. The predicted molar refractivity (Wildman–Crippen MR) is 132 cm³/mol. The van der Waals surface area contributed by atoms with Crippen LogP contribution in [0.5, 0.6) is 0 Å². The van der Waals surface area contributed by atoms with Crippen LogP contribution in [-0.2, 0) is 0 Å². The summed E-state index contributed by atoms with van der Waals surface area (Å²) in [6.07, 6.45) is 0.759. The summed E-state index contributed by atoms with van der Waals surface area (Å²) in [5.41, 5.74) is 9.16. The molecule has 0 aliphatic carbocycles. The van der Waals surface area contributed by atoms with Gasteiger partial charge in [0.25, 0.3) is 0 Å². The van der Waals surface area contributed by atoms with Gasteiger partial charge in [-0.2, -0.15) is 13.2 Å². The molecule has 1 aliphatic heterocycles. The van der Waals surface area contributed by atoms with Crippen LogP contribution < -0.4 is 21.3 Å². The minimum Gasteiger partial charge on any atom is -0.353 e. The molecule has 1 aliphatic rings. The van der Waals surface area contributed by atoms with Gasteiger partial charge < -0.3 is 21.3 Å². The minimum atomic E-state index is -4.48. The van der Waals surface area contributed by atoms with Gasteiger partial charge in [-0.05, 0) is 30.3 Å². The van der Waals surface area contributed by atoms with E-state index in [0.717, 1.165) is 35.7 Å². The maximum atomic E-state index is 12.3. The first-order valence-electron chi connectivity index (χ1n) is 10.8. The highest BCUT2D eigenvalue weighted by Crippen LogP contribution is 2.27. The fraction of sp³-hybridized carbons (Fsp3) is 0.217. The zero-order valence-electron chi connectivity index (χ0n) is 18.7. The number of pyridine rings is 1. The largest absolute Gasteiger partial charge is 0.405 e. The molecule has 36 heavy (non-hydrogen) atoms. The van der Waals surface area contributed by atoms with E-state index in [1.807, 2.05) is 34.9 Å². The number of aromatic nitrogens is 4. The quantitative estimate of drug-likeness (QED) is 0.371. The van der Waals surface area contributed by atoms with Gasteiger partial charge >= 0.3 is 12.2 Å². The number of carbonyl (C=O) groups is 1. The number of hydrogen-bond acceptors (Lipinski definition) is 6. The number of benzene rings is 1. The summed E-state index contributed by atoms with van der Waals surface area (Å²) in [5, 5.41) is 4.20. The first kappa shape index (κ1) is 25.2. The molecule has 4 heterocycles. The van der Waals surface area contributed by atoms with E-state index in [9.17, 15) is 18.0 Å². The zero-order valence-corrected chi connectivity index (χ0v) is 19.6. The van der Waals surface area contributed by atoms with Gasteiger partial charge in [0.2, 0.25) is 0 Å². The molecule has 1 fully saturated rings. The first-order chi connectivity index (χ1) is 16.7. The molecule has 0 radical (unpaired) electrons. The van der Waals surface area contributed by atoms with Crippen LogP contribution in [0.3, 0.4) is 0 Å². The molecule has 188 valence electrons.